The quantitative estimate of drug-likeness (QED) is 0.759. The maximum Gasteiger partial charge on any atom is 0.248 e. The Morgan fingerprint density at radius 1 is 1.32 bits per heavy atom. The van der Waals surface area contributed by atoms with E-state index in [1.54, 1.807) is 13.8 Å². The summed E-state index contributed by atoms with van der Waals surface area (Å²) in [6.45, 7) is 3.38. The van der Waals surface area contributed by atoms with Crippen molar-refractivity contribution in [1.82, 2.24) is 10.2 Å². The highest BCUT2D eigenvalue weighted by molar-refractivity contribution is 7.90. The van der Waals surface area contributed by atoms with Gasteiger partial charge in [-0.2, -0.15) is 0 Å². The SMILES string of the molecule is CC1(C)NC(=O)C(C2CC2)N(CCS(C)(=O)=O)C1=O. The van der Waals surface area contributed by atoms with Crippen LogP contribution >= 0.6 is 0 Å². The molecule has 7 heteroatoms. The molecule has 1 aliphatic heterocycles. The van der Waals surface area contributed by atoms with Crippen LogP contribution in [0.15, 0.2) is 0 Å². The summed E-state index contributed by atoms with van der Waals surface area (Å²) in [5.41, 5.74) is -0.958. The summed E-state index contributed by atoms with van der Waals surface area (Å²) in [5.74, 6) is -0.293. The van der Waals surface area contributed by atoms with E-state index in [0.717, 1.165) is 19.1 Å². The molecule has 1 heterocycles. The summed E-state index contributed by atoms with van der Waals surface area (Å²) in [6.07, 6.45) is 2.97. The van der Waals surface area contributed by atoms with E-state index >= 15 is 0 Å². The average Bonchev–Trinajstić information content (AvgIpc) is 3.03. The van der Waals surface area contributed by atoms with Crippen LogP contribution in [-0.4, -0.2) is 55.3 Å². The number of carbonyl (C=O) groups excluding carboxylic acids is 2. The fourth-order valence-electron chi connectivity index (χ4n) is 2.45. The minimum absolute atomic E-state index is 0.0929. The maximum absolute atomic E-state index is 12.4. The molecule has 1 saturated carbocycles. The molecule has 0 spiro atoms. The number of piperazine rings is 1. The van der Waals surface area contributed by atoms with Crippen LogP contribution in [0, 0.1) is 5.92 Å². The fourth-order valence-corrected chi connectivity index (χ4v) is 2.98. The van der Waals surface area contributed by atoms with Crippen molar-refractivity contribution in [2.24, 2.45) is 5.92 Å². The Hall–Kier alpha value is -1.11. The number of carbonyl (C=O) groups is 2. The molecule has 0 aromatic rings. The fraction of sp³-hybridized carbons (Fsp3) is 0.833. The van der Waals surface area contributed by atoms with E-state index in [1.165, 1.54) is 4.90 Å². The predicted octanol–water partition coefficient (Wildman–Crippen LogP) is -0.453. The van der Waals surface area contributed by atoms with Crippen LogP contribution in [0.3, 0.4) is 0 Å². The lowest BCUT2D eigenvalue weighted by Gasteiger charge is -2.43. The Kier molecular flexibility index (Phi) is 3.36. The minimum atomic E-state index is -3.16. The van der Waals surface area contributed by atoms with E-state index < -0.39 is 21.4 Å². The van der Waals surface area contributed by atoms with Gasteiger partial charge in [-0.1, -0.05) is 0 Å². The smallest absolute Gasteiger partial charge is 0.248 e. The molecule has 2 amide bonds. The van der Waals surface area contributed by atoms with E-state index in [0.29, 0.717) is 0 Å². The Bertz CT molecular complexity index is 508. The van der Waals surface area contributed by atoms with Gasteiger partial charge in [0.1, 0.15) is 21.4 Å². The number of sulfone groups is 1. The van der Waals surface area contributed by atoms with Gasteiger partial charge in [0.15, 0.2) is 0 Å². The van der Waals surface area contributed by atoms with Crippen molar-refractivity contribution in [2.45, 2.75) is 38.3 Å². The molecule has 2 aliphatic rings. The van der Waals surface area contributed by atoms with Crippen LogP contribution in [0.5, 0.6) is 0 Å². The highest BCUT2D eigenvalue weighted by atomic mass is 32.2. The molecule has 6 nitrogen and oxygen atoms in total. The summed E-state index contributed by atoms with van der Waals surface area (Å²) in [6, 6.07) is -0.498. The number of nitrogens with one attached hydrogen (secondary N) is 1. The van der Waals surface area contributed by atoms with Crippen LogP contribution in [0.25, 0.3) is 0 Å². The summed E-state index contributed by atoms with van der Waals surface area (Å²) in [7, 11) is -3.16. The maximum atomic E-state index is 12.4. The molecule has 1 N–H and O–H groups in total. The molecule has 0 aromatic carbocycles. The van der Waals surface area contributed by atoms with Gasteiger partial charge in [0.25, 0.3) is 0 Å². The van der Waals surface area contributed by atoms with Gasteiger partial charge >= 0.3 is 0 Å². The highest BCUT2D eigenvalue weighted by Crippen LogP contribution is 2.38. The number of rotatable bonds is 4. The lowest BCUT2D eigenvalue weighted by Crippen LogP contribution is -2.69. The molecule has 0 aromatic heterocycles. The second kappa shape index (κ2) is 4.47. The van der Waals surface area contributed by atoms with Gasteiger partial charge in [0, 0.05) is 12.8 Å². The molecular formula is C12H20N2O4S. The lowest BCUT2D eigenvalue weighted by atomic mass is 9.95. The largest absolute Gasteiger partial charge is 0.340 e. The molecule has 1 unspecified atom stereocenters. The Morgan fingerprint density at radius 2 is 1.89 bits per heavy atom. The van der Waals surface area contributed by atoms with Crippen LogP contribution < -0.4 is 5.32 Å². The first-order valence-electron chi connectivity index (χ1n) is 6.43. The van der Waals surface area contributed by atoms with E-state index in [-0.39, 0.29) is 30.0 Å². The molecule has 1 atom stereocenters. The first kappa shape index (κ1) is 14.3. The number of hydrogen-bond donors (Lipinski definition) is 1. The van der Waals surface area contributed by atoms with Crippen molar-refractivity contribution >= 4 is 21.7 Å². The lowest BCUT2D eigenvalue weighted by molar-refractivity contribution is -0.154. The Balaban J connectivity index is 2.21. The minimum Gasteiger partial charge on any atom is -0.340 e. The van der Waals surface area contributed by atoms with Gasteiger partial charge < -0.3 is 10.2 Å². The third kappa shape index (κ3) is 3.08. The summed E-state index contributed by atoms with van der Waals surface area (Å²) >= 11 is 0. The number of nitrogens with zero attached hydrogens (tertiary/aromatic N) is 1. The third-order valence-corrected chi connectivity index (χ3v) is 4.53. The average molecular weight is 288 g/mol. The van der Waals surface area contributed by atoms with Crippen LogP contribution in [-0.2, 0) is 19.4 Å². The van der Waals surface area contributed by atoms with Gasteiger partial charge in [-0.05, 0) is 32.6 Å². The molecule has 2 rings (SSSR count). The van der Waals surface area contributed by atoms with Crippen LogP contribution in [0.2, 0.25) is 0 Å². The van der Waals surface area contributed by atoms with Crippen molar-refractivity contribution in [3.05, 3.63) is 0 Å². The van der Waals surface area contributed by atoms with E-state index in [2.05, 4.69) is 5.32 Å². The van der Waals surface area contributed by atoms with Gasteiger partial charge in [-0.15, -0.1) is 0 Å². The van der Waals surface area contributed by atoms with Gasteiger partial charge in [-0.25, -0.2) is 8.42 Å². The standard InChI is InChI=1S/C12H20N2O4S/c1-12(2)11(16)14(6-7-19(3,17)18)9(8-4-5-8)10(15)13-12/h8-9H,4-7H2,1-3H3,(H,13,15). The highest BCUT2D eigenvalue weighted by Gasteiger charge is 2.50. The zero-order valence-corrected chi connectivity index (χ0v) is 12.3. The van der Waals surface area contributed by atoms with E-state index in [1.807, 2.05) is 0 Å². The summed E-state index contributed by atoms with van der Waals surface area (Å²) in [4.78, 5) is 25.9. The van der Waals surface area contributed by atoms with Gasteiger partial charge in [0.05, 0.1) is 5.75 Å². The molecule has 0 bridgehead atoms. The van der Waals surface area contributed by atoms with Crippen molar-refractivity contribution in [2.75, 3.05) is 18.6 Å². The summed E-state index contributed by atoms with van der Waals surface area (Å²) < 4.78 is 22.6. The zero-order valence-electron chi connectivity index (χ0n) is 11.5. The molecule has 2 fully saturated rings. The van der Waals surface area contributed by atoms with Crippen LogP contribution in [0.4, 0.5) is 0 Å². The molecule has 108 valence electrons. The molecule has 1 aliphatic carbocycles. The number of hydrogen-bond acceptors (Lipinski definition) is 4. The monoisotopic (exact) mass is 288 g/mol. The Morgan fingerprint density at radius 3 is 2.37 bits per heavy atom. The first-order chi connectivity index (χ1) is 8.62. The third-order valence-electron chi connectivity index (χ3n) is 3.61. The summed E-state index contributed by atoms with van der Waals surface area (Å²) in [5, 5.41) is 2.72. The van der Waals surface area contributed by atoms with Crippen molar-refractivity contribution in [1.29, 1.82) is 0 Å². The van der Waals surface area contributed by atoms with Crippen molar-refractivity contribution in [3.8, 4) is 0 Å². The van der Waals surface area contributed by atoms with E-state index in [9.17, 15) is 18.0 Å². The Labute approximate surface area is 113 Å². The van der Waals surface area contributed by atoms with Crippen LogP contribution in [0.1, 0.15) is 26.7 Å². The topological polar surface area (TPSA) is 83.6 Å². The number of amides is 2. The van der Waals surface area contributed by atoms with Crippen molar-refractivity contribution in [3.63, 3.8) is 0 Å². The predicted molar refractivity (Wildman–Crippen MR) is 70.2 cm³/mol. The van der Waals surface area contributed by atoms with E-state index in [4.69, 9.17) is 0 Å². The molecular weight excluding hydrogens is 268 g/mol. The molecule has 1 saturated heterocycles. The zero-order chi connectivity index (χ0) is 14.4. The first-order valence-corrected chi connectivity index (χ1v) is 8.49. The second-order valence-electron chi connectivity index (χ2n) is 6.02. The molecule has 19 heavy (non-hydrogen) atoms. The van der Waals surface area contributed by atoms with Gasteiger partial charge in [0.2, 0.25) is 11.8 Å². The second-order valence-corrected chi connectivity index (χ2v) is 8.28. The van der Waals surface area contributed by atoms with Gasteiger partial charge in [-0.3, -0.25) is 9.59 Å². The van der Waals surface area contributed by atoms with Crippen molar-refractivity contribution < 1.29 is 18.0 Å². The molecule has 0 radical (unpaired) electrons. The normalized spacial score (nSPS) is 27.3.